The van der Waals surface area contributed by atoms with E-state index in [9.17, 15) is 9.59 Å². The number of nitrogens with zero attached hydrogens (tertiary/aromatic N) is 1. The van der Waals surface area contributed by atoms with Crippen LogP contribution in [0, 0.1) is 6.92 Å². The molecule has 1 unspecified atom stereocenters. The molecule has 2 heterocycles. The van der Waals surface area contributed by atoms with E-state index in [4.69, 9.17) is 4.42 Å². The van der Waals surface area contributed by atoms with Gasteiger partial charge in [-0.3, -0.25) is 9.69 Å². The predicted molar refractivity (Wildman–Crippen MR) is 111 cm³/mol. The summed E-state index contributed by atoms with van der Waals surface area (Å²) < 4.78 is 5.57. The van der Waals surface area contributed by atoms with Gasteiger partial charge in [0, 0.05) is 24.5 Å². The minimum atomic E-state index is -0.514. The summed E-state index contributed by atoms with van der Waals surface area (Å²) in [6, 6.07) is 1.88. The Morgan fingerprint density at radius 1 is 1.32 bits per heavy atom. The zero-order valence-electron chi connectivity index (χ0n) is 17.6. The molecule has 1 aromatic rings. The average molecular weight is 390 g/mol. The first kappa shape index (κ1) is 21.1. The number of rotatable bonds is 6. The van der Waals surface area contributed by atoms with E-state index in [1.165, 1.54) is 19.3 Å². The predicted octanol–water partition coefficient (Wildman–Crippen LogP) is 2.80. The Balaban J connectivity index is 1.74. The molecule has 28 heavy (non-hydrogen) atoms. The van der Waals surface area contributed by atoms with Crippen molar-refractivity contribution in [3.8, 4) is 0 Å². The summed E-state index contributed by atoms with van der Waals surface area (Å²) >= 11 is 0. The number of likely N-dealkylation sites (N-methyl/N-ethyl adjacent to an activating group) is 1. The zero-order chi connectivity index (χ0) is 20.1. The fraction of sp³-hybridized carbons (Fsp3) is 0.727. The first-order chi connectivity index (χ1) is 13.5. The van der Waals surface area contributed by atoms with Crippen LogP contribution in [0.1, 0.15) is 79.5 Å². The maximum absolute atomic E-state index is 12.9. The van der Waals surface area contributed by atoms with Crippen LogP contribution in [0.25, 0.3) is 0 Å². The highest BCUT2D eigenvalue weighted by Crippen LogP contribution is 2.32. The highest BCUT2D eigenvalue weighted by molar-refractivity contribution is 5.95. The van der Waals surface area contributed by atoms with Crippen LogP contribution in [0.15, 0.2) is 15.3 Å². The number of hydrogen-bond donors (Lipinski definition) is 2. The van der Waals surface area contributed by atoms with E-state index >= 15 is 0 Å². The summed E-state index contributed by atoms with van der Waals surface area (Å²) in [5.74, 6) is 0.593. The highest BCUT2D eigenvalue weighted by Gasteiger charge is 2.36. The fourth-order valence-corrected chi connectivity index (χ4v) is 4.77. The van der Waals surface area contributed by atoms with Gasteiger partial charge in [0.2, 0.25) is 0 Å². The molecule has 0 spiro atoms. The molecule has 0 aromatic carbocycles. The summed E-state index contributed by atoms with van der Waals surface area (Å²) in [6.45, 7) is 7.33. The monoisotopic (exact) mass is 389 g/mol. The van der Waals surface area contributed by atoms with Crippen molar-refractivity contribution >= 4 is 5.91 Å². The van der Waals surface area contributed by atoms with E-state index in [2.05, 4.69) is 29.5 Å². The lowest BCUT2D eigenvalue weighted by atomic mass is 9.80. The minimum Gasteiger partial charge on any atom is -0.427 e. The van der Waals surface area contributed by atoms with Crippen LogP contribution in [-0.2, 0) is 0 Å². The van der Waals surface area contributed by atoms with E-state index in [-0.39, 0.29) is 22.9 Å². The molecule has 1 atom stereocenters. The van der Waals surface area contributed by atoms with Crippen molar-refractivity contribution in [1.29, 1.82) is 0 Å². The Hall–Kier alpha value is -1.66. The third-order valence-corrected chi connectivity index (χ3v) is 6.74. The van der Waals surface area contributed by atoms with Gasteiger partial charge in [0.15, 0.2) is 0 Å². The Bertz CT molecular complexity index is 731. The van der Waals surface area contributed by atoms with E-state index in [0.717, 1.165) is 45.3 Å². The SMILES string of the molecule is CCN(C)C1(CNC(=O)c2c(C)cc(C3CCCNC3)oc2=O)CCCCC1. The zero-order valence-corrected chi connectivity index (χ0v) is 17.6. The molecule has 1 saturated heterocycles. The topological polar surface area (TPSA) is 74.6 Å². The highest BCUT2D eigenvalue weighted by atomic mass is 16.4. The normalized spacial score (nSPS) is 22.2. The second-order valence-corrected chi connectivity index (χ2v) is 8.52. The van der Waals surface area contributed by atoms with Crippen molar-refractivity contribution in [2.24, 2.45) is 0 Å². The van der Waals surface area contributed by atoms with Crippen LogP contribution >= 0.6 is 0 Å². The summed E-state index contributed by atoms with van der Waals surface area (Å²) in [7, 11) is 2.13. The third kappa shape index (κ3) is 4.49. The van der Waals surface area contributed by atoms with Crippen molar-refractivity contribution in [2.45, 2.75) is 70.3 Å². The standard InChI is InChI=1S/C22H35N3O3/c1-4-25(3)22(10-6-5-7-11-22)15-24-20(26)19-16(2)13-18(28-21(19)27)17-9-8-12-23-14-17/h13,17,23H,4-12,14-15H2,1-3H3,(H,24,26). The van der Waals surface area contributed by atoms with Gasteiger partial charge in [0.25, 0.3) is 5.91 Å². The molecule has 0 bridgehead atoms. The summed E-state index contributed by atoms with van der Waals surface area (Å²) in [4.78, 5) is 27.8. The second kappa shape index (κ2) is 9.23. The van der Waals surface area contributed by atoms with Gasteiger partial charge in [-0.1, -0.05) is 26.2 Å². The third-order valence-electron chi connectivity index (χ3n) is 6.74. The molecule has 0 radical (unpaired) electrons. The lowest BCUT2D eigenvalue weighted by Gasteiger charge is -2.44. The smallest absolute Gasteiger partial charge is 0.349 e. The molecule has 2 aliphatic rings. The molecule has 1 aliphatic heterocycles. The molecular weight excluding hydrogens is 354 g/mol. The first-order valence-corrected chi connectivity index (χ1v) is 10.8. The molecule has 2 fully saturated rings. The number of carbonyl (C=O) groups is 1. The van der Waals surface area contributed by atoms with E-state index in [1.54, 1.807) is 0 Å². The maximum Gasteiger partial charge on any atom is 0.349 e. The average Bonchev–Trinajstić information content (AvgIpc) is 2.72. The van der Waals surface area contributed by atoms with Crippen LogP contribution < -0.4 is 16.3 Å². The fourth-order valence-electron chi connectivity index (χ4n) is 4.77. The summed E-state index contributed by atoms with van der Waals surface area (Å²) in [6.07, 6.45) is 7.87. The van der Waals surface area contributed by atoms with Gasteiger partial charge in [-0.15, -0.1) is 0 Å². The van der Waals surface area contributed by atoms with Crippen LogP contribution in [0.3, 0.4) is 0 Å². The largest absolute Gasteiger partial charge is 0.427 e. The molecule has 3 rings (SSSR count). The Morgan fingerprint density at radius 2 is 2.07 bits per heavy atom. The van der Waals surface area contributed by atoms with Crippen LogP contribution in [0.2, 0.25) is 0 Å². The first-order valence-electron chi connectivity index (χ1n) is 10.8. The van der Waals surface area contributed by atoms with Crippen molar-refractivity contribution in [2.75, 3.05) is 33.2 Å². The Labute approximate surface area is 168 Å². The number of amides is 1. The molecule has 6 heteroatoms. The van der Waals surface area contributed by atoms with Gasteiger partial charge in [-0.2, -0.15) is 0 Å². The molecule has 2 N–H and O–H groups in total. The molecule has 1 amide bonds. The summed E-state index contributed by atoms with van der Waals surface area (Å²) in [5, 5.41) is 6.39. The van der Waals surface area contributed by atoms with Gasteiger partial charge in [0.05, 0.1) is 0 Å². The molecule has 1 aromatic heterocycles. The maximum atomic E-state index is 12.9. The number of nitrogens with one attached hydrogen (secondary N) is 2. The number of carbonyl (C=O) groups excluding carboxylic acids is 1. The van der Waals surface area contributed by atoms with E-state index in [0.29, 0.717) is 17.9 Å². The van der Waals surface area contributed by atoms with Gasteiger partial charge in [-0.05, 0) is 64.4 Å². The van der Waals surface area contributed by atoms with Crippen LogP contribution in [0.4, 0.5) is 0 Å². The van der Waals surface area contributed by atoms with Crippen LogP contribution in [0.5, 0.6) is 0 Å². The minimum absolute atomic E-state index is 0.00946. The van der Waals surface area contributed by atoms with E-state index in [1.807, 2.05) is 13.0 Å². The van der Waals surface area contributed by atoms with Gasteiger partial charge < -0.3 is 15.1 Å². The quantitative estimate of drug-likeness (QED) is 0.783. The van der Waals surface area contributed by atoms with Gasteiger partial charge in [-0.25, -0.2) is 4.79 Å². The lowest BCUT2D eigenvalue weighted by Crippen LogP contribution is -2.55. The number of piperidine rings is 1. The molecule has 1 saturated carbocycles. The summed E-state index contributed by atoms with van der Waals surface area (Å²) in [5.41, 5.74) is 0.331. The molecule has 1 aliphatic carbocycles. The second-order valence-electron chi connectivity index (χ2n) is 8.52. The van der Waals surface area contributed by atoms with Gasteiger partial charge in [0.1, 0.15) is 11.3 Å². The number of aryl methyl sites for hydroxylation is 1. The van der Waals surface area contributed by atoms with Crippen molar-refractivity contribution in [3.63, 3.8) is 0 Å². The molecule has 156 valence electrons. The Kier molecular flexibility index (Phi) is 6.94. The van der Waals surface area contributed by atoms with Gasteiger partial charge >= 0.3 is 5.63 Å². The number of hydrogen-bond acceptors (Lipinski definition) is 5. The lowest BCUT2D eigenvalue weighted by molar-refractivity contribution is 0.0697. The molecular formula is C22H35N3O3. The van der Waals surface area contributed by atoms with E-state index < -0.39 is 5.63 Å². The van der Waals surface area contributed by atoms with Crippen molar-refractivity contribution in [1.82, 2.24) is 15.5 Å². The van der Waals surface area contributed by atoms with Crippen molar-refractivity contribution < 1.29 is 9.21 Å². The molecule has 6 nitrogen and oxygen atoms in total. The Morgan fingerprint density at radius 3 is 2.68 bits per heavy atom. The van der Waals surface area contributed by atoms with Crippen molar-refractivity contribution in [3.05, 3.63) is 33.4 Å². The van der Waals surface area contributed by atoms with Crippen LogP contribution in [-0.4, -0.2) is 49.6 Å².